The number of carbonyl (C=O) groups excluding carboxylic acids is 1. The van der Waals surface area contributed by atoms with Crippen molar-refractivity contribution in [3.63, 3.8) is 0 Å². The van der Waals surface area contributed by atoms with Crippen molar-refractivity contribution >= 4 is 17.3 Å². The van der Waals surface area contributed by atoms with E-state index in [1.807, 2.05) is 0 Å². The first-order valence-electron chi connectivity index (χ1n) is 5.64. The zero-order valence-corrected chi connectivity index (χ0v) is 10.3. The third-order valence-corrected chi connectivity index (χ3v) is 2.75. The van der Waals surface area contributed by atoms with E-state index >= 15 is 0 Å². The van der Waals surface area contributed by atoms with Crippen LogP contribution < -0.4 is 11.1 Å². The van der Waals surface area contributed by atoms with Gasteiger partial charge in [0.2, 0.25) is 0 Å². The highest BCUT2D eigenvalue weighted by Gasteiger charge is 2.14. The van der Waals surface area contributed by atoms with Crippen molar-refractivity contribution in [2.45, 2.75) is 6.92 Å². The van der Waals surface area contributed by atoms with Crippen molar-refractivity contribution in [3.05, 3.63) is 53.3 Å². The molecular formula is C14H13FN2O2. The Hall–Kier alpha value is -2.56. The number of nitrogens with one attached hydrogen (secondary N) is 1. The number of amides is 1. The van der Waals surface area contributed by atoms with Crippen LogP contribution in [-0.4, -0.2) is 11.0 Å². The van der Waals surface area contributed by atoms with Gasteiger partial charge in [-0.3, -0.25) is 4.79 Å². The van der Waals surface area contributed by atoms with E-state index in [1.165, 1.54) is 6.07 Å². The predicted octanol–water partition coefficient (Wildman–Crippen LogP) is 2.67. The number of carbonyl (C=O) groups is 1. The SMILES string of the molecule is Cc1cccc(N)c1NC(=O)c1ccc(F)cc1O. The molecular weight excluding hydrogens is 247 g/mol. The second kappa shape index (κ2) is 4.97. The highest BCUT2D eigenvalue weighted by atomic mass is 19.1. The van der Waals surface area contributed by atoms with Crippen molar-refractivity contribution in [2.24, 2.45) is 0 Å². The molecule has 0 saturated carbocycles. The van der Waals surface area contributed by atoms with Crippen molar-refractivity contribution in [1.82, 2.24) is 0 Å². The summed E-state index contributed by atoms with van der Waals surface area (Å²) in [7, 11) is 0. The Morgan fingerprint density at radius 3 is 2.68 bits per heavy atom. The van der Waals surface area contributed by atoms with Crippen molar-refractivity contribution < 1.29 is 14.3 Å². The van der Waals surface area contributed by atoms with E-state index in [0.717, 1.165) is 17.7 Å². The molecule has 98 valence electrons. The van der Waals surface area contributed by atoms with Crippen molar-refractivity contribution in [3.8, 4) is 5.75 Å². The Morgan fingerprint density at radius 2 is 2.05 bits per heavy atom. The van der Waals surface area contributed by atoms with Gasteiger partial charge >= 0.3 is 0 Å². The lowest BCUT2D eigenvalue weighted by Gasteiger charge is -2.11. The molecule has 2 aromatic carbocycles. The number of anilines is 2. The molecule has 0 aromatic heterocycles. The Bertz CT molecular complexity index is 621. The number of nitrogen functional groups attached to an aromatic ring is 1. The zero-order valence-electron chi connectivity index (χ0n) is 10.3. The zero-order chi connectivity index (χ0) is 14.0. The van der Waals surface area contributed by atoms with Crippen LogP contribution in [0.4, 0.5) is 15.8 Å². The molecule has 0 atom stereocenters. The topological polar surface area (TPSA) is 75.3 Å². The van der Waals surface area contributed by atoms with Gasteiger partial charge in [-0.05, 0) is 30.7 Å². The summed E-state index contributed by atoms with van der Waals surface area (Å²) in [4.78, 5) is 12.0. The molecule has 0 fully saturated rings. The number of phenolic OH excluding ortho intramolecular Hbond substituents is 1. The maximum Gasteiger partial charge on any atom is 0.259 e. The first-order chi connectivity index (χ1) is 8.99. The standard InChI is InChI=1S/C14H13FN2O2/c1-8-3-2-4-11(16)13(8)17-14(19)10-6-5-9(15)7-12(10)18/h2-7,18H,16H2,1H3,(H,17,19). The Labute approximate surface area is 109 Å². The van der Waals surface area contributed by atoms with Crippen LogP contribution in [0, 0.1) is 12.7 Å². The molecule has 0 aliphatic heterocycles. The third-order valence-electron chi connectivity index (χ3n) is 2.75. The van der Waals surface area contributed by atoms with Gasteiger partial charge in [-0.1, -0.05) is 12.1 Å². The van der Waals surface area contributed by atoms with Gasteiger partial charge < -0.3 is 16.2 Å². The summed E-state index contributed by atoms with van der Waals surface area (Å²) in [5.74, 6) is -1.56. The van der Waals surface area contributed by atoms with Crippen LogP contribution in [0.5, 0.6) is 5.75 Å². The fourth-order valence-corrected chi connectivity index (χ4v) is 1.74. The van der Waals surface area contributed by atoms with E-state index in [1.54, 1.807) is 25.1 Å². The summed E-state index contributed by atoms with van der Waals surface area (Å²) in [6.07, 6.45) is 0. The van der Waals surface area contributed by atoms with Gasteiger partial charge in [0.25, 0.3) is 5.91 Å². The van der Waals surface area contributed by atoms with Gasteiger partial charge in [0.1, 0.15) is 11.6 Å². The summed E-state index contributed by atoms with van der Waals surface area (Å²) in [5, 5.41) is 12.2. The molecule has 19 heavy (non-hydrogen) atoms. The van der Waals surface area contributed by atoms with Gasteiger partial charge in [0.15, 0.2) is 0 Å². The highest BCUT2D eigenvalue weighted by Crippen LogP contribution is 2.25. The average Bonchev–Trinajstić information content (AvgIpc) is 2.33. The lowest BCUT2D eigenvalue weighted by atomic mass is 10.1. The first-order valence-corrected chi connectivity index (χ1v) is 5.64. The number of aryl methyl sites for hydroxylation is 1. The van der Waals surface area contributed by atoms with E-state index in [0.29, 0.717) is 11.4 Å². The molecule has 0 aliphatic carbocycles. The number of benzene rings is 2. The third kappa shape index (κ3) is 2.65. The van der Waals surface area contributed by atoms with Crippen molar-refractivity contribution in [1.29, 1.82) is 0 Å². The molecule has 5 heteroatoms. The quantitative estimate of drug-likeness (QED) is 0.727. The van der Waals surface area contributed by atoms with Crippen LogP contribution >= 0.6 is 0 Å². The number of hydrogen-bond acceptors (Lipinski definition) is 3. The molecule has 2 aromatic rings. The highest BCUT2D eigenvalue weighted by molar-refractivity contribution is 6.07. The minimum Gasteiger partial charge on any atom is -0.507 e. The molecule has 0 unspecified atom stereocenters. The summed E-state index contributed by atoms with van der Waals surface area (Å²) in [6.45, 7) is 1.80. The fraction of sp³-hybridized carbons (Fsp3) is 0.0714. The summed E-state index contributed by atoms with van der Waals surface area (Å²) < 4.78 is 12.9. The smallest absolute Gasteiger partial charge is 0.259 e. The Morgan fingerprint density at radius 1 is 1.32 bits per heavy atom. The van der Waals surface area contributed by atoms with Gasteiger partial charge in [-0.2, -0.15) is 0 Å². The molecule has 0 radical (unpaired) electrons. The molecule has 4 nitrogen and oxygen atoms in total. The normalized spacial score (nSPS) is 10.2. The van der Waals surface area contributed by atoms with E-state index in [4.69, 9.17) is 5.73 Å². The largest absolute Gasteiger partial charge is 0.507 e. The fourth-order valence-electron chi connectivity index (χ4n) is 1.74. The summed E-state index contributed by atoms with van der Waals surface area (Å²) in [6, 6.07) is 8.44. The van der Waals surface area contributed by atoms with Crippen LogP contribution in [0.15, 0.2) is 36.4 Å². The van der Waals surface area contributed by atoms with E-state index < -0.39 is 17.5 Å². The number of hydrogen-bond donors (Lipinski definition) is 3. The first kappa shape index (κ1) is 12.9. The Kier molecular flexibility index (Phi) is 3.37. The second-order valence-electron chi connectivity index (χ2n) is 4.15. The number of aromatic hydroxyl groups is 1. The minimum atomic E-state index is -0.607. The van der Waals surface area contributed by atoms with Crippen LogP contribution in [0.3, 0.4) is 0 Å². The van der Waals surface area contributed by atoms with Crippen LogP contribution in [0.2, 0.25) is 0 Å². The predicted molar refractivity (Wildman–Crippen MR) is 71.6 cm³/mol. The number of nitrogens with two attached hydrogens (primary N) is 1. The average molecular weight is 260 g/mol. The van der Waals surface area contributed by atoms with Gasteiger partial charge in [-0.25, -0.2) is 4.39 Å². The van der Waals surface area contributed by atoms with E-state index in [-0.39, 0.29) is 5.56 Å². The van der Waals surface area contributed by atoms with Gasteiger partial charge in [0, 0.05) is 6.07 Å². The number of para-hydroxylation sites is 1. The van der Waals surface area contributed by atoms with Gasteiger partial charge in [-0.15, -0.1) is 0 Å². The van der Waals surface area contributed by atoms with E-state index in [2.05, 4.69) is 5.32 Å². The molecule has 2 rings (SSSR count). The van der Waals surface area contributed by atoms with Crippen LogP contribution in [-0.2, 0) is 0 Å². The van der Waals surface area contributed by atoms with Crippen molar-refractivity contribution in [2.75, 3.05) is 11.1 Å². The summed E-state index contributed by atoms with van der Waals surface area (Å²) >= 11 is 0. The second-order valence-corrected chi connectivity index (χ2v) is 4.15. The van der Waals surface area contributed by atoms with Crippen LogP contribution in [0.25, 0.3) is 0 Å². The molecule has 0 bridgehead atoms. The number of phenols is 1. The van der Waals surface area contributed by atoms with E-state index in [9.17, 15) is 14.3 Å². The molecule has 0 spiro atoms. The lowest BCUT2D eigenvalue weighted by Crippen LogP contribution is -2.14. The van der Waals surface area contributed by atoms with Crippen LogP contribution in [0.1, 0.15) is 15.9 Å². The number of rotatable bonds is 2. The molecule has 1 amide bonds. The molecule has 0 heterocycles. The summed E-state index contributed by atoms with van der Waals surface area (Å²) in [5.41, 5.74) is 7.47. The maximum atomic E-state index is 12.9. The number of halogens is 1. The van der Waals surface area contributed by atoms with Gasteiger partial charge in [0.05, 0.1) is 16.9 Å². The minimum absolute atomic E-state index is 0.0101. The monoisotopic (exact) mass is 260 g/mol. The maximum absolute atomic E-state index is 12.9. The Balaban J connectivity index is 2.31. The molecule has 4 N–H and O–H groups in total. The molecule has 0 aliphatic rings. The molecule has 0 saturated heterocycles. The lowest BCUT2D eigenvalue weighted by molar-refractivity contribution is 0.102.